The maximum Gasteiger partial charge on any atom is 0.250 e. The van der Waals surface area contributed by atoms with Gasteiger partial charge in [-0.3, -0.25) is 4.79 Å². The molecule has 24 heavy (non-hydrogen) atoms. The average Bonchev–Trinajstić information content (AvgIpc) is 3.19. The number of benzene rings is 1. The summed E-state index contributed by atoms with van der Waals surface area (Å²) in [5.74, 6) is 0.0157. The Morgan fingerprint density at radius 2 is 1.96 bits per heavy atom. The number of rotatable bonds is 7. The lowest BCUT2D eigenvalue weighted by molar-refractivity contribution is -0.127. The second kappa shape index (κ2) is 7.46. The quantitative estimate of drug-likeness (QED) is 0.819. The highest BCUT2D eigenvalue weighted by Gasteiger charge is 2.32. The summed E-state index contributed by atoms with van der Waals surface area (Å²) in [7, 11) is -3.52. The van der Waals surface area contributed by atoms with Crippen LogP contribution in [0.1, 0.15) is 18.4 Å². The van der Waals surface area contributed by atoms with E-state index in [0.717, 1.165) is 12.8 Å². The first kappa shape index (κ1) is 17.1. The van der Waals surface area contributed by atoms with Gasteiger partial charge in [-0.05, 0) is 29.9 Å². The van der Waals surface area contributed by atoms with E-state index in [9.17, 15) is 13.2 Å². The predicted octanol–water partition coefficient (Wildman–Crippen LogP) is 2.26. The van der Waals surface area contributed by atoms with Crippen LogP contribution in [-0.2, 0) is 21.2 Å². The molecule has 1 saturated heterocycles. The fraction of sp³-hybridized carbons (Fsp3) is 0.353. The summed E-state index contributed by atoms with van der Waals surface area (Å²) in [5, 5.41) is 1.73. The molecule has 1 fully saturated rings. The Morgan fingerprint density at radius 3 is 2.67 bits per heavy atom. The fourth-order valence-corrected chi connectivity index (χ4v) is 5.12. The number of thiophene rings is 1. The molecular formula is C17H20N2O3S2. The molecule has 0 bridgehead atoms. The summed E-state index contributed by atoms with van der Waals surface area (Å²) >= 11 is 1.18. The molecule has 0 radical (unpaired) electrons. The van der Waals surface area contributed by atoms with Gasteiger partial charge in [0.1, 0.15) is 4.21 Å². The van der Waals surface area contributed by atoms with Crippen molar-refractivity contribution < 1.29 is 13.2 Å². The number of carbonyl (C=O) groups excluding carboxylic acids is 1. The molecule has 2 heterocycles. The molecule has 5 nitrogen and oxygen atoms in total. The number of sulfonamides is 1. The van der Waals surface area contributed by atoms with Gasteiger partial charge in [-0.1, -0.05) is 36.4 Å². The highest BCUT2D eigenvalue weighted by molar-refractivity contribution is 7.91. The Morgan fingerprint density at radius 1 is 1.17 bits per heavy atom. The third-order valence-electron chi connectivity index (χ3n) is 4.03. The SMILES string of the molecule is O=C1C[C@H](NS(=O)(=O)c2cccs2)CN1CCCc1ccccc1. The molecule has 0 spiro atoms. The Labute approximate surface area is 146 Å². The molecule has 1 aliphatic rings. The Balaban J connectivity index is 1.50. The van der Waals surface area contributed by atoms with Gasteiger partial charge in [-0.25, -0.2) is 13.1 Å². The van der Waals surface area contributed by atoms with Crippen LogP contribution < -0.4 is 4.72 Å². The number of aryl methyl sites for hydroxylation is 1. The Bertz CT molecular complexity index is 773. The van der Waals surface area contributed by atoms with Crippen molar-refractivity contribution in [3.8, 4) is 0 Å². The van der Waals surface area contributed by atoms with E-state index in [4.69, 9.17) is 0 Å². The molecule has 7 heteroatoms. The van der Waals surface area contributed by atoms with Crippen molar-refractivity contribution >= 4 is 27.3 Å². The largest absolute Gasteiger partial charge is 0.341 e. The van der Waals surface area contributed by atoms with Crippen LogP contribution in [0, 0.1) is 0 Å². The van der Waals surface area contributed by atoms with E-state index in [0.29, 0.717) is 13.1 Å². The first-order valence-electron chi connectivity index (χ1n) is 7.92. The summed E-state index contributed by atoms with van der Waals surface area (Å²) in [4.78, 5) is 13.8. The summed E-state index contributed by atoms with van der Waals surface area (Å²) < 4.78 is 27.4. The van der Waals surface area contributed by atoms with Crippen molar-refractivity contribution in [1.29, 1.82) is 0 Å². The Hall–Kier alpha value is -1.70. The van der Waals surface area contributed by atoms with Crippen LogP contribution in [0.3, 0.4) is 0 Å². The topological polar surface area (TPSA) is 66.5 Å². The molecule has 1 aromatic carbocycles. The molecule has 1 amide bonds. The molecule has 1 atom stereocenters. The number of likely N-dealkylation sites (tertiary alicyclic amines) is 1. The van der Waals surface area contributed by atoms with Crippen molar-refractivity contribution in [3.05, 3.63) is 53.4 Å². The number of nitrogens with one attached hydrogen (secondary N) is 1. The molecule has 0 aliphatic carbocycles. The fourth-order valence-electron chi connectivity index (χ4n) is 2.88. The van der Waals surface area contributed by atoms with E-state index in [-0.39, 0.29) is 22.6 Å². The smallest absolute Gasteiger partial charge is 0.250 e. The second-order valence-electron chi connectivity index (χ2n) is 5.88. The van der Waals surface area contributed by atoms with Crippen LogP contribution in [0.25, 0.3) is 0 Å². The van der Waals surface area contributed by atoms with Crippen molar-refractivity contribution in [2.45, 2.75) is 29.5 Å². The van der Waals surface area contributed by atoms with Crippen molar-refractivity contribution in [3.63, 3.8) is 0 Å². The van der Waals surface area contributed by atoms with E-state index in [2.05, 4.69) is 16.9 Å². The van der Waals surface area contributed by atoms with Gasteiger partial charge in [0, 0.05) is 25.6 Å². The van der Waals surface area contributed by atoms with Crippen LogP contribution in [0.2, 0.25) is 0 Å². The van der Waals surface area contributed by atoms with Gasteiger partial charge in [0.05, 0.1) is 0 Å². The van der Waals surface area contributed by atoms with E-state index in [1.54, 1.807) is 22.4 Å². The third-order valence-corrected chi connectivity index (χ3v) is 6.95. The molecule has 3 rings (SSSR count). The van der Waals surface area contributed by atoms with E-state index >= 15 is 0 Å². The average molecular weight is 364 g/mol. The minimum atomic E-state index is -3.52. The number of hydrogen-bond acceptors (Lipinski definition) is 4. The van der Waals surface area contributed by atoms with E-state index in [1.165, 1.54) is 16.9 Å². The zero-order valence-electron chi connectivity index (χ0n) is 13.2. The lowest BCUT2D eigenvalue weighted by Crippen LogP contribution is -2.37. The zero-order valence-corrected chi connectivity index (χ0v) is 14.9. The van der Waals surface area contributed by atoms with Gasteiger partial charge in [0.2, 0.25) is 15.9 Å². The van der Waals surface area contributed by atoms with E-state index < -0.39 is 10.0 Å². The second-order valence-corrected chi connectivity index (χ2v) is 8.77. The summed E-state index contributed by atoms with van der Waals surface area (Å²) in [6.07, 6.45) is 2.02. The van der Waals surface area contributed by atoms with E-state index in [1.807, 2.05) is 18.2 Å². The molecule has 2 aromatic rings. The van der Waals surface area contributed by atoms with Crippen molar-refractivity contribution in [2.24, 2.45) is 0 Å². The molecule has 1 N–H and O–H groups in total. The standard InChI is InChI=1S/C17H20N2O3S2/c20-16-12-15(18-24(21,22)17-9-5-11-23-17)13-19(16)10-4-8-14-6-2-1-3-7-14/h1-3,5-7,9,11,15,18H,4,8,10,12-13H2/t15-/m0/s1. The summed E-state index contributed by atoms with van der Waals surface area (Å²) in [5.41, 5.74) is 1.25. The van der Waals surface area contributed by atoms with Crippen LogP contribution in [0.5, 0.6) is 0 Å². The molecular weight excluding hydrogens is 344 g/mol. The third kappa shape index (κ3) is 4.23. The van der Waals surface area contributed by atoms with Crippen molar-refractivity contribution in [2.75, 3.05) is 13.1 Å². The minimum absolute atomic E-state index is 0.0157. The first-order chi connectivity index (χ1) is 11.5. The van der Waals surface area contributed by atoms with Gasteiger partial charge < -0.3 is 4.90 Å². The van der Waals surface area contributed by atoms with Crippen molar-refractivity contribution in [1.82, 2.24) is 9.62 Å². The van der Waals surface area contributed by atoms with Crippen LogP contribution >= 0.6 is 11.3 Å². The van der Waals surface area contributed by atoms with Gasteiger partial charge in [0.15, 0.2) is 0 Å². The molecule has 128 valence electrons. The van der Waals surface area contributed by atoms with Crippen LogP contribution in [-0.4, -0.2) is 38.4 Å². The molecule has 1 aromatic heterocycles. The minimum Gasteiger partial charge on any atom is -0.341 e. The van der Waals surface area contributed by atoms with Gasteiger partial charge >= 0.3 is 0 Å². The molecule has 1 aliphatic heterocycles. The van der Waals surface area contributed by atoms with Crippen LogP contribution in [0.15, 0.2) is 52.1 Å². The number of carbonyl (C=O) groups is 1. The normalized spacial score (nSPS) is 18.2. The first-order valence-corrected chi connectivity index (χ1v) is 10.3. The zero-order chi connectivity index (χ0) is 17.0. The highest BCUT2D eigenvalue weighted by Crippen LogP contribution is 2.19. The molecule has 0 saturated carbocycles. The number of hydrogen-bond donors (Lipinski definition) is 1. The molecule has 0 unspecified atom stereocenters. The Kier molecular flexibility index (Phi) is 5.33. The summed E-state index contributed by atoms with van der Waals surface area (Å²) in [6, 6.07) is 13.1. The lowest BCUT2D eigenvalue weighted by Gasteiger charge is -2.17. The van der Waals surface area contributed by atoms with Gasteiger partial charge in [-0.2, -0.15) is 0 Å². The van der Waals surface area contributed by atoms with Gasteiger partial charge in [-0.15, -0.1) is 11.3 Å². The van der Waals surface area contributed by atoms with Gasteiger partial charge in [0.25, 0.3) is 0 Å². The maximum absolute atomic E-state index is 12.2. The highest BCUT2D eigenvalue weighted by atomic mass is 32.2. The number of nitrogens with zero attached hydrogens (tertiary/aromatic N) is 1. The van der Waals surface area contributed by atoms with Crippen LogP contribution in [0.4, 0.5) is 0 Å². The lowest BCUT2D eigenvalue weighted by atomic mass is 10.1. The number of amides is 1. The summed E-state index contributed by atoms with van der Waals surface area (Å²) in [6.45, 7) is 1.10. The maximum atomic E-state index is 12.2. The monoisotopic (exact) mass is 364 g/mol. The predicted molar refractivity (Wildman–Crippen MR) is 94.4 cm³/mol.